The van der Waals surface area contributed by atoms with E-state index >= 15 is 0 Å². The third kappa shape index (κ3) is 3.89. The van der Waals surface area contributed by atoms with Crippen molar-refractivity contribution in [3.8, 4) is 5.88 Å². The van der Waals surface area contributed by atoms with Crippen LogP contribution in [0.25, 0.3) is 0 Å². The molecule has 1 rings (SSSR count). The van der Waals surface area contributed by atoms with E-state index in [4.69, 9.17) is 0 Å². The Kier molecular flexibility index (Phi) is 5.38. The second-order valence-corrected chi connectivity index (χ2v) is 4.77. The summed E-state index contributed by atoms with van der Waals surface area (Å²) >= 11 is 1.52. The van der Waals surface area contributed by atoms with Crippen molar-refractivity contribution in [2.24, 2.45) is 7.05 Å². The van der Waals surface area contributed by atoms with Gasteiger partial charge in [0, 0.05) is 12.8 Å². The van der Waals surface area contributed by atoms with E-state index in [0.717, 1.165) is 18.2 Å². The third-order valence-electron chi connectivity index (χ3n) is 2.31. The standard InChI is InChI=1S/C11H18N2O2S/c1-3-4-5-6-7-16-11-12-9(14)8-10(15)13(11)2/h8,14H,3-7H2,1-2H3. The average Bonchev–Trinajstić information content (AvgIpc) is 2.24. The van der Waals surface area contributed by atoms with E-state index < -0.39 is 0 Å². The lowest BCUT2D eigenvalue weighted by molar-refractivity contribution is 0.437. The topological polar surface area (TPSA) is 55.1 Å². The number of aromatic nitrogens is 2. The van der Waals surface area contributed by atoms with Gasteiger partial charge in [-0.15, -0.1) is 0 Å². The number of nitrogens with zero attached hydrogens (tertiary/aromatic N) is 2. The van der Waals surface area contributed by atoms with Gasteiger partial charge in [-0.2, -0.15) is 4.98 Å². The molecule has 0 aliphatic carbocycles. The molecule has 5 heteroatoms. The molecule has 1 heterocycles. The first-order valence-corrected chi connectivity index (χ1v) is 6.53. The van der Waals surface area contributed by atoms with E-state index in [-0.39, 0.29) is 11.4 Å². The molecule has 0 spiro atoms. The normalized spacial score (nSPS) is 10.6. The van der Waals surface area contributed by atoms with E-state index in [2.05, 4.69) is 11.9 Å². The van der Waals surface area contributed by atoms with Crippen LogP contribution < -0.4 is 5.56 Å². The molecular formula is C11H18N2O2S. The minimum absolute atomic E-state index is 0.195. The maximum Gasteiger partial charge on any atom is 0.257 e. The summed E-state index contributed by atoms with van der Waals surface area (Å²) in [6.07, 6.45) is 4.78. The molecule has 0 fully saturated rings. The molecule has 1 aromatic heterocycles. The monoisotopic (exact) mass is 242 g/mol. The van der Waals surface area contributed by atoms with Crippen molar-refractivity contribution in [1.29, 1.82) is 0 Å². The lowest BCUT2D eigenvalue weighted by Gasteiger charge is -2.06. The smallest absolute Gasteiger partial charge is 0.257 e. The fourth-order valence-corrected chi connectivity index (χ4v) is 2.30. The molecule has 0 amide bonds. The third-order valence-corrected chi connectivity index (χ3v) is 3.43. The average molecular weight is 242 g/mol. The highest BCUT2D eigenvalue weighted by molar-refractivity contribution is 7.99. The van der Waals surface area contributed by atoms with Crippen molar-refractivity contribution in [3.05, 3.63) is 16.4 Å². The number of hydrogen-bond donors (Lipinski definition) is 1. The van der Waals surface area contributed by atoms with Crippen LogP contribution in [0.15, 0.2) is 16.0 Å². The predicted octanol–water partition coefficient (Wildman–Crippen LogP) is 2.16. The Labute approximate surface area is 99.7 Å². The highest BCUT2D eigenvalue weighted by Crippen LogP contribution is 2.17. The van der Waals surface area contributed by atoms with Crippen molar-refractivity contribution >= 4 is 11.8 Å². The summed E-state index contributed by atoms with van der Waals surface area (Å²) in [5.41, 5.74) is -0.219. The van der Waals surface area contributed by atoms with Gasteiger partial charge in [0.1, 0.15) is 0 Å². The summed E-state index contributed by atoms with van der Waals surface area (Å²) in [6, 6.07) is 1.13. The molecule has 0 atom stereocenters. The van der Waals surface area contributed by atoms with Gasteiger partial charge in [0.2, 0.25) is 5.88 Å². The fourth-order valence-electron chi connectivity index (χ4n) is 1.33. The van der Waals surface area contributed by atoms with Gasteiger partial charge < -0.3 is 5.11 Å². The Morgan fingerprint density at radius 3 is 2.88 bits per heavy atom. The van der Waals surface area contributed by atoms with Crippen molar-refractivity contribution in [3.63, 3.8) is 0 Å². The lowest BCUT2D eigenvalue weighted by atomic mass is 10.2. The Hall–Kier alpha value is -0.970. The van der Waals surface area contributed by atoms with Crippen molar-refractivity contribution in [2.45, 2.75) is 37.8 Å². The Bertz CT molecular complexity index is 390. The second kappa shape index (κ2) is 6.58. The van der Waals surface area contributed by atoms with Gasteiger partial charge in [-0.25, -0.2) is 0 Å². The van der Waals surface area contributed by atoms with Crippen LogP contribution in [-0.4, -0.2) is 20.4 Å². The van der Waals surface area contributed by atoms with E-state index in [1.165, 1.54) is 35.6 Å². The van der Waals surface area contributed by atoms with E-state index in [1.54, 1.807) is 7.05 Å². The number of aromatic hydroxyl groups is 1. The summed E-state index contributed by atoms with van der Waals surface area (Å²) < 4.78 is 1.46. The van der Waals surface area contributed by atoms with Crippen molar-refractivity contribution < 1.29 is 5.11 Å². The van der Waals surface area contributed by atoms with Gasteiger partial charge in [0.05, 0.1) is 6.07 Å². The van der Waals surface area contributed by atoms with Crippen LogP contribution in [0, 0.1) is 0 Å². The summed E-state index contributed by atoms with van der Waals surface area (Å²) in [6.45, 7) is 2.17. The molecule has 0 aromatic carbocycles. The SMILES string of the molecule is CCCCCCSc1nc(O)cc(=O)n1C. The molecule has 0 aliphatic rings. The quantitative estimate of drug-likeness (QED) is 0.472. The molecule has 0 unspecified atom stereocenters. The van der Waals surface area contributed by atoms with Crippen LogP contribution in [0.2, 0.25) is 0 Å². The first-order chi connectivity index (χ1) is 7.65. The van der Waals surface area contributed by atoms with Crippen LogP contribution in [0.3, 0.4) is 0 Å². The summed E-state index contributed by atoms with van der Waals surface area (Å²) in [5.74, 6) is 0.739. The summed E-state index contributed by atoms with van der Waals surface area (Å²) in [4.78, 5) is 15.3. The Balaban J connectivity index is 2.50. The molecule has 4 nitrogen and oxygen atoms in total. The van der Waals surface area contributed by atoms with Crippen LogP contribution in [0.4, 0.5) is 0 Å². The largest absolute Gasteiger partial charge is 0.493 e. The highest BCUT2D eigenvalue weighted by Gasteiger charge is 2.04. The number of hydrogen-bond acceptors (Lipinski definition) is 4. The molecule has 0 radical (unpaired) electrons. The highest BCUT2D eigenvalue weighted by atomic mass is 32.2. The molecule has 0 bridgehead atoms. The van der Waals surface area contributed by atoms with Gasteiger partial charge in [-0.1, -0.05) is 37.9 Å². The van der Waals surface area contributed by atoms with Crippen molar-refractivity contribution in [2.75, 3.05) is 5.75 Å². The van der Waals surface area contributed by atoms with E-state index in [0.29, 0.717) is 5.16 Å². The van der Waals surface area contributed by atoms with E-state index in [9.17, 15) is 9.90 Å². The predicted molar refractivity (Wildman–Crippen MR) is 66.0 cm³/mol. The fraction of sp³-hybridized carbons (Fsp3) is 0.636. The lowest BCUT2D eigenvalue weighted by Crippen LogP contribution is -2.18. The zero-order chi connectivity index (χ0) is 12.0. The summed E-state index contributed by atoms with van der Waals surface area (Å²) in [7, 11) is 1.67. The van der Waals surface area contributed by atoms with Crippen LogP contribution in [-0.2, 0) is 7.05 Å². The zero-order valence-electron chi connectivity index (χ0n) is 9.77. The number of rotatable bonds is 6. The Morgan fingerprint density at radius 1 is 1.44 bits per heavy atom. The molecule has 0 saturated heterocycles. The van der Waals surface area contributed by atoms with Crippen LogP contribution in [0.1, 0.15) is 32.6 Å². The minimum Gasteiger partial charge on any atom is -0.493 e. The zero-order valence-corrected chi connectivity index (χ0v) is 10.6. The van der Waals surface area contributed by atoms with Gasteiger partial charge in [0.15, 0.2) is 5.16 Å². The van der Waals surface area contributed by atoms with Crippen LogP contribution >= 0.6 is 11.8 Å². The van der Waals surface area contributed by atoms with Gasteiger partial charge in [-0.05, 0) is 6.42 Å². The minimum atomic E-state index is -0.219. The van der Waals surface area contributed by atoms with Gasteiger partial charge >= 0.3 is 0 Å². The molecular weight excluding hydrogens is 224 g/mol. The molecule has 0 saturated carbocycles. The number of unbranched alkanes of at least 4 members (excludes halogenated alkanes) is 3. The first-order valence-electron chi connectivity index (χ1n) is 5.55. The Morgan fingerprint density at radius 2 is 2.19 bits per heavy atom. The maximum absolute atomic E-state index is 11.3. The molecule has 90 valence electrons. The molecule has 1 aromatic rings. The van der Waals surface area contributed by atoms with E-state index in [1.807, 2.05) is 0 Å². The first kappa shape index (κ1) is 13.1. The van der Waals surface area contributed by atoms with Gasteiger partial charge in [0.25, 0.3) is 5.56 Å². The van der Waals surface area contributed by atoms with Crippen molar-refractivity contribution in [1.82, 2.24) is 9.55 Å². The van der Waals surface area contributed by atoms with Crippen LogP contribution in [0.5, 0.6) is 5.88 Å². The second-order valence-electron chi connectivity index (χ2n) is 3.70. The molecule has 16 heavy (non-hydrogen) atoms. The molecule has 0 aliphatic heterocycles. The summed E-state index contributed by atoms with van der Waals surface area (Å²) in [5, 5.41) is 9.81. The maximum atomic E-state index is 11.3. The number of thioether (sulfide) groups is 1. The van der Waals surface area contributed by atoms with Gasteiger partial charge in [-0.3, -0.25) is 9.36 Å². The molecule has 1 N–H and O–H groups in total.